The van der Waals surface area contributed by atoms with E-state index >= 15 is 0 Å². The van der Waals surface area contributed by atoms with Crippen molar-refractivity contribution in [1.82, 2.24) is 24.4 Å². The number of imide groups is 1. The number of amides is 3. The van der Waals surface area contributed by atoms with Gasteiger partial charge in [0.15, 0.2) is 6.23 Å². The third-order valence-corrected chi connectivity index (χ3v) is 14.6. The monoisotopic (exact) mass is 972 g/mol. The lowest BCUT2D eigenvalue weighted by Gasteiger charge is -2.39. The lowest BCUT2D eigenvalue weighted by Crippen LogP contribution is -2.53. The van der Waals surface area contributed by atoms with Crippen molar-refractivity contribution in [1.29, 1.82) is 0 Å². The average Bonchev–Trinajstić information content (AvgIpc) is 3.69. The maximum atomic E-state index is 14.7. The summed E-state index contributed by atoms with van der Waals surface area (Å²) in [6, 6.07) is 33.1. The van der Waals surface area contributed by atoms with Gasteiger partial charge in [-0.2, -0.15) is 0 Å². The minimum Gasteiger partial charge on any atom is -0.497 e. The largest absolute Gasteiger partial charge is 0.497 e. The molecule has 3 heterocycles. The molecule has 2 aliphatic rings. The van der Waals surface area contributed by atoms with Crippen LogP contribution >= 0.6 is 8.53 Å². The van der Waals surface area contributed by atoms with Crippen molar-refractivity contribution in [3.63, 3.8) is 0 Å². The molecular formula is C52H57N6O11P. The van der Waals surface area contributed by atoms with Crippen LogP contribution in [0.1, 0.15) is 71.3 Å². The molecule has 18 heteroatoms. The van der Waals surface area contributed by atoms with Crippen LogP contribution in [0.25, 0.3) is 10.8 Å². The van der Waals surface area contributed by atoms with Crippen LogP contribution in [0.4, 0.5) is 5.69 Å². The molecule has 1 aromatic heterocycles. The van der Waals surface area contributed by atoms with Crippen LogP contribution in [0.15, 0.2) is 131 Å². The number of nitrogens with one attached hydrogen (secondary N) is 3. The molecule has 5 atom stereocenters. The van der Waals surface area contributed by atoms with E-state index < -0.39 is 74.1 Å². The Balaban J connectivity index is 1.23. The summed E-state index contributed by atoms with van der Waals surface area (Å²) in [7, 11) is 4.56. The van der Waals surface area contributed by atoms with Crippen LogP contribution in [0.5, 0.6) is 11.5 Å². The normalized spacial score (nSPS) is 18.5. The van der Waals surface area contributed by atoms with Gasteiger partial charge in [-0.25, -0.2) is 9.46 Å². The van der Waals surface area contributed by atoms with Gasteiger partial charge in [0.1, 0.15) is 41.9 Å². The Morgan fingerprint density at radius 2 is 1.37 bits per heavy atom. The number of carbonyl (C=O) groups excluding carboxylic acids is 3. The van der Waals surface area contributed by atoms with Crippen molar-refractivity contribution in [2.24, 2.45) is 0 Å². The van der Waals surface area contributed by atoms with E-state index in [4.69, 9.17) is 28.0 Å². The van der Waals surface area contributed by atoms with E-state index in [9.17, 15) is 24.0 Å². The highest BCUT2D eigenvalue weighted by molar-refractivity contribution is 7.44. The van der Waals surface area contributed by atoms with Crippen molar-refractivity contribution >= 4 is 42.7 Å². The molecule has 70 heavy (non-hydrogen) atoms. The van der Waals surface area contributed by atoms with Gasteiger partial charge in [0, 0.05) is 66.1 Å². The Morgan fingerprint density at radius 1 is 0.771 bits per heavy atom. The molecule has 6 aromatic rings. The summed E-state index contributed by atoms with van der Waals surface area (Å²) in [6.45, 7) is 7.13. The van der Waals surface area contributed by atoms with Crippen LogP contribution in [0.3, 0.4) is 0 Å². The van der Waals surface area contributed by atoms with E-state index in [-0.39, 0.29) is 29.8 Å². The Kier molecular flexibility index (Phi) is 15.0. The zero-order chi connectivity index (χ0) is 49.9. The zero-order valence-electron chi connectivity index (χ0n) is 40.2. The van der Waals surface area contributed by atoms with Crippen molar-refractivity contribution in [3.8, 4) is 11.5 Å². The number of aromatic amines is 1. The van der Waals surface area contributed by atoms with E-state index in [0.717, 1.165) is 31.8 Å². The molecule has 17 nitrogen and oxygen atoms in total. The first kappa shape index (κ1) is 49.7. The molecule has 0 bridgehead atoms. The van der Waals surface area contributed by atoms with E-state index in [0.29, 0.717) is 22.3 Å². The minimum absolute atomic E-state index is 0.0720. The SMILES string of the molecule is CNc1ccc2c3c(cccc13)C(=O)N(CC(=O)N[C@@H]1[C@H](OP(OC)N(C(C)C)C(C)C)[C@@H](COC(c3ccccc3)(c3ccc(OC)cc3)c3ccc(OC)cc3)O[C@H]1n1ccc(=O)[nH]c1=O)C2=O. The maximum absolute atomic E-state index is 14.7. The summed E-state index contributed by atoms with van der Waals surface area (Å²) >= 11 is 0. The highest BCUT2D eigenvalue weighted by atomic mass is 31.2. The van der Waals surface area contributed by atoms with E-state index in [1.165, 1.54) is 19.4 Å². The topological polar surface area (TPSA) is 192 Å². The molecule has 8 rings (SSSR count). The third-order valence-electron chi connectivity index (χ3n) is 12.6. The van der Waals surface area contributed by atoms with E-state index in [1.807, 2.05) is 113 Å². The second-order valence-corrected chi connectivity index (χ2v) is 18.9. The van der Waals surface area contributed by atoms with Gasteiger partial charge >= 0.3 is 5.69 Å². The summed E-state index contributed by atoms with van der Waals surface area (Å²) < 4.78 is 41.7. The van der Waals surface area contributed by atoms with Crippen molar-refractivity contribution in [2.75, 3.05) is 46.8 Å². The summed E-state index contributed by atoms with van der Waals surface area (Å²) in [4.78, 5) is 72.4. The van der Waals surface area contributed by atoms with Gasteiger partial charge in [-0.15, -0.1) is 0 Å². The highest BCUT2D eigenvalue weighted by Crippen LogP contribution is 2.50. The number of rotatable bonds is 19. The summed E-state index contributed by atoms with van der Waals surface area (Å²) in [6.07, 6.45) is -2.26. The molecule has 1 unspecified atom stereocenters. The number of carbonyl (C=O) groups is 3. The zero-order valence-corrected chi connectivity index (χ0v) is 41.1. The molecule has 366 valence electrons. The van der Waals surface area contributed by atoms with Gasteiger partial charge in [-0.1, -0.05) is 66.7 Å². The first-order valence-electron chi connectivity index (χ1n) is 22.9. The molecule has 1 fully saturated rings. The second kappa shape index (κ2) is 21.1. The molecule has 5 aromatic carbocycles. The van der Waals surface area contributed by atoms with Gasteiger partial charge < -0.3 is 38.6 Å². The van der Waals surface area contributed by atoms with Gasteiger partial charge in [0.05, 0.1) is 20.8 Å². The number of benzene rings is 5. The fraction of sp³-hybridized carbons (Fsp3) is 0.327. The van der Waals surface area contributed by atoms with Crippen molar-refractivity contribution in [2.45, 2.75) is 69.9 Å². The average molecular weight is 973 g/mol. The van der Waals surface area contributed by atoms with Crippen molar-refractivity contribution in [3.05, 3.63) is 170 Å². The maximum Gasteiger partial charge on any atom is 0.330 e. The molecule has 0 spiro atoms. The van der Waals surface area contributed by atoms with Crippen LogP contribution in [-0.2, 0) is 28.9 Å². The smallest absolute Gasteiger partial charge is 0.330 e. The number of nitrogens with zero attached hydrogens (tertiary/aromatic N) is 3. The molecule has 1 saturated heterocycles. The van der Waals surface area contributed by atoms with Gasteiger partial charge in [-0.3, -0.25) is 33.6 Å². The lowest BCUT2D eigenvalue weighted by atomic mass is 9.80. The predicted octanol–water partition coefficient (Wildman–Crippen LogP) is 6.81. The van der Waals surface area contributed by atoms with Crippen LogP contribution < -0.4 is 31.4 Å². The molecule has 2 aliphatic heterocycles. The number of anilines is 1. The Labute approximate surface area is 406 Å². The van der Waals surface area contributed by atoms with Crippen LogP contribution in [0.2, 0.25) is 0 Å². The number of methoxy groups -OCH3 is 2. The highest BCUT2D eigenvalue weighted by Gasteiger charge is 2.52. The Morgan fingerprint density at radius 3 is 1.93 bits per heavy atom. The van der Waals surface area contributed by atoms with Gasteiger partial charge in [0.25, 0.3) is 25.9 Å². The van der Waals surface area contributed by atoms with Gasteiger partial charge in [0.2, 0.25) is 5.91 Å². The molecule has 0 aliphatic carbocycles. The molecule has 0 radical (unpaired) electrons. The fourth-order valence-corrected chi connectivity index (χ4v) is 11.1. The first-order valence-corrected chi connectivity index (χ1v) is 24.0. The van der Waals surface area contributed by atoms with E-state index in [2.05, 4.69) is 20.3 Å². The number of ether oxygens (including phenoxy) is 4. The lowest BCUT2D eigenvalue weighted by molar-refractivity contribution is -0.123. The fourth-order valence-electron chi connectivity index (χ4n) is 9.46. The molecule has 3 N–H and O–H groups in total. The van der Waals surface area contributed by atoms with E-state index in [1.54, 1.807) is 45.5 Å². The Bertz CT molecular complexity index is 2890. The summed E-state index contributed by atoms with van der Waals surface area (Å²) in [5.74, 6) is -0.792. The quantitative estimate of drug-likeness (QED) is 0.0436. The van der Waals surface area contributed by atoms with Crippen LogP contribution in [0, 0.1) is 0 Å². The molecular weight excluding hydrogens is 916 g/mol. The number of H-pyrrole nitrogens is 1. The third kappa shape index (κ3) is 9.48. The molecule has 3 amide bonds. The second-order valence-electron chi connectivity index (χ2n) is 17.4. The standard InChI is InChI=1S/C52H57N6O11P/c1-31(2)58(32(3)4)70(66-8)69-47-42(30-67-52(33-13-10-9-11-14-33,34-17-21-36(64-6)22-18-34)35-19-23-37(65-7)24-20-35)68-50(56-28-27-43(59)55-51(56)63)46(47)54-44(60)29-57-48(61)39-16-12-15-38-41(53-5)26-25-40(45(38)39)49(57)62/h9-28,31-32,42,46-47,50,53H,29-30H2,1-8H3,(H,54,60)(H,55,59,63)/t42-,46-,47-,50-,70?/m1/s1. The number of aromatic nitrogens is 2. The van der Waals surface area contributed by atoms with Crippen molar-refractivity contribution < 1.29 is 42.4 Å². The minimum atomic E-state index is -1.91. The summed E-state index contributed by atoms with van der Waals surface area (Å²) in [5, 5.41) is 7.29. The number of hydrogen-bond acceptors (Lipinski definition) is 13. The predicted molar refractivity (Wildman–Crippen MR) is 265 cm³/mol. The Hall–Kier alpha value is -6.72. The van der Waals surface area contributed by atoms with Crippen LogP contribution in [-0.4, -0.2) is 109 Å². The molecule has 0 saturated carbocycles. The number of hydrogen-bond donors (Lipinski definition) is 3. The summed E-state index contributed by atoms with van der Waals surface area (Å²) in [5.41, 5.74) is 0.707. The first-order chi connectivity index (χ1) is 33.7. The van der Waals surface area contributed by atoms with Gasteiger partial charge in [-0.05, 0) is 86.8 Å².